The van der Waals surface area contributed by atoms with Crippen molar-refractivity contribution < 1.29 is 18.6 Å². The Labute approximate surface area is 179 Å². The van der Waals surface area contributed by atoms with Crippen molar-refractivity contribution in [1.82, 2.24) is 14.7 Å². The largest absolute Gasteiger partial charge is 0.434 e. The Morgan fingerprint density at radius 1 is 1.10 bits per heavy atom. The molecule has 2 atom stereocenters. The van der Waals surface area contributed by atoms with Crippen molar-refractivity contribution in [2.75, 3.05) is 0 Å². The highest BCUT2D eigenvalue weighted by atomic mass is 19.3. The highest BCUT2D eigenvalue weighted by Crippen LogP contribution is 2.43. The van der Waals surface area contributed by atoms with Crippen molar-refractivity contribution >= 4 is 0 Å². The zero-order chi connectivity index (χ0) is 21.6. The number of aliphatic hydroxyl groups is 1. The van der Waals surface area contributed by atoms with E-state index in [-0.39, 0.29) is 29.9 Å². The first-order valence-electron chi connectivity index (χ1n) is 11.0. The zero-order valence-electron chi connectivity index (χ0n) is 17.3. The van der Waals surface area contributed by atoms with Crippen molar-refractivity contribution in [3.8, 4) is 5.75 Å². The Bertz CT molecular complexity index is 994. The first-order valence-corrected chi connectivity index (χ1v) is 11.0. The summed E-state index contributed by atoms with van der Waals surface area (Å²) in [4.78, 5) is 14.6. The van der Waals surface area contributed by atoms with Crippen LogP contribution < -0.4 is 10.3 Å². The molecule has 0 amide bonds. The van der Waals surface area contributed by atoms with E-state index in [0.717, 1.165) is 36.9 Å². The minimum Gasteiger partial charge on any atom is -0.434 e. The number of aromatic nitrogens is 2. The lowest BCUT2D eigenvalue weighted by Gasteiger charge is -2.44. The number of alkyl halides is 2. The third kappa shape index (κ3) is 4.36. The van der Waals surface area contributed by atoms with Gasteiger partial charge >= 0.3 is 6.61 Å². The highest BCUT2D eigenvalue weighted by Gasteiger charge is 2.48. The predicted octanol–water partition coefficient (Wildman–Crippen LogP) is 3.28. The molecule has 2 aromatic rings. The summed E-state index contributed by atoms with van der Waals surface area (Å²) in [7, 11) is 0. The highest BCUT2D eigenvalue weighted by molar-refractivity contribution is 5.33. The molecule has 166 valence electrons. The normalized spacial score (nSPS) is 28.3. The fraction of sp³-hybridized carbons (Fsp3) is 0.565. The predicted molar refractivity (Wildman–Crippen MR) is 110 cm³/mol. The lowest BCUT2D eigenvalue weighted by molar-refractivity contribution is -0.0691. The molecule has 2 aliphatic heterocycles. The fourth-order valence-corrected chi connectivity index (χ4v) is 5.30. The minimum absolute atomic E-state index is 0.130. The van der Waals surface area contributed by atoms with Gasteiger partial charge in [-0.05, 0) is 50.7 Å². The monoisotopic (exact) mass is 431 g/mol. The van der Waals surface area contributed by atoms with Crippen LogP contribution in [0.15, 0.2) is 41.2 Å². The maximum absolute atomic E-state index is 12.8. The summed E-state index contributed by atoms with van der Waals surface area (Å²) in [6.45, 7) is -2.16. The molecule has 0 unspecified atom stereocenters. The van der Waals surface area contributed by atoms with Crippen LogP contribution >= 0.6 is 0 Å². The van der Waals surface area contributed by atoms with Gasteiger partial charge in [0.1, 0.15) is 5.75 Å². The van der Waals surface area contributed by atoms with Crippen LogP contribution in [0.25, 0.3) is 0 Å². The van der Waals surface area contributed by atoms with Crippen LogP contribution in [0.3, 0.4) is 0 Å². The Kier molecular flexibility index (Phi) is 5.30. The molecule has 1 aromatic carbocycles. The molecule has 5 rings (SSSR count). The second-order valence-corrected chi connectivity index (χ2v) is 9.20. The van der Waals surface area contributed by atoms with Crippen LogP contribution in [-0.4, -0.2) is 44.1 Å². The molecule has 1 saturated carbocycles. The van der Waals surface area contributed by atoms with Gasteiger partial charge in [-0.15, -0.1) is 0 Å². The summed E-state index contributed by atoms with van der Waals surface area (Å²) in [5, 5.41) is 15.9. The molecule has 1 aromatic heterocycles. The first-order chi connectivity index (χ1) is 14.9. The molecule has 1 N–H and O–H groups in total. The molecule has 3 fully saturated rings. The number of hydrogen-bond acceptors (Lipinski definition) is 5. The van der Waals surface area contributed by atoms with Gasteiger partial charge in [0.25, 0.3) is 5.56 Å². The summed E-state index contributed by atoms with van der Waals surface area (Å²) in [6.07, 6.45) is 5.15. The molecule has 0 radical (unpaired) electrons. The van der Waals surface area contributed by atoms with Gasteiger partial charge in [-0.1, -0.05) is 18.2 Å². The zero-order valence-corrected chi connectivity index (χ0v) is 17.3. The molecule has 2 saturated heterocycles. The Balaban J connectivity index is 1.31. The molecule has 6 nitrogen and oxygen atoms in total. The Hall–Kier alpha value is -2.32. The maximum atomic E-state index is 12.8. The Morgan fingerprint density at radius 3 is 2.48 bits per heavy atom. The van der Waals surface area contributed by atoms with Gasteiger partial charge in [-0.3, -0.25) is 9.69 Å². The van der Waals surface area contributed by atoms with Crippen molar-refractivity contribution in [2.45, 2.75) is 81.8 Å². The van der Waals surface area contributed by atoms with E-state index in [2.05, 4.69) is 10.00 Å². The fourth-order valence-electron chi connectivity index (χ4n) is 5.30. The number of benzene rings is 1. The molecule has 3 aliphatic rings. The number of ether oxygens (including phenoxy) is 1. The van der Waals surface area contributed by atoms with Gasteiger partial charge in [0.2, 0.25) is 0 Å². The van der Waals surface area contributed by atoms with E-state index in [1.165, 1.54) is 4.68 Å². The molecular formula is C23H27F2N3O3. The molecule has 2 bridgehead atoms. The van der Waals surface area contributed by atoms with E-state index >= 15 is 0 Å². The summed E-state index contributed by atoms with van der Waals surface area (Å²) >= 11 is 0. The maximum Gasteiger partial charge on any atom is 0.387 e. The van der Waals surface area contributed by atoms with Gasteiger partial charge in [0.15, 0.2) is 0 Å². The number of halogens is 2. The van der Waals surface area contributed by atoms with Crippen LogP contribution in [0.2, 0.25) is 0 Å². The van der Waals surface area contributed by atoms with Crippen LogP contribution in [0.1, 0.15) is 55.7 Å². The molecule has 1 aliphatic carbocycles. The van der Waals surface area contributed by atoms with Crippen LogP contribution in [0.4, 0.5) is 8.78 Å². The second kappa shape index (κ2) is 7.98. The van der Waals surface area contributed by atoms with E-state index in [1.54, 1.807) is 24.3 Å². The van der Waals surface area contributed by atoms with Gasteiger partial charge in [0, 0.05) is 36.2 Å². The average molecular weight is 431 g/mol. The number of fused-ring (bicyclic) bond motifs is 2. The topological polar surface area (TPSA) is 67.6 Å². The molecule has 31 heavy (non-hydrogen) atoms. The minimum atomic E-state index is -2.86. The smallest absolute Gasteiger partial charge is 0.387 e. The van der Waals surface area contributed by atoms with E-state index in [4.69, 9.17) is 4.74 Å². The lowest BCUT2D eigenvalue weighted by Crippen LogP contribution is -2.53. The van der Waals surface area contributed by atoms with Crippen LogP contribution in [0.5, 0.6) is 5.75 Å². The van der Waals surface area contributed by atoms with Gasteiger partial charge < -0.3 is 9.84 Å². The van der Waals surface area contributed by atoms with Gasteiger partial charge in [-0.2, -0.15) is 13.9 Å². The van der Waals surface area contributed by atoms with Gasteiger partial charge in [-0.25, -0.2) is 4.68 Å². The van der Waals surface area contributed by atoms with Crippen molar-refractivity contribution in [3.63, 3.8) is 0 Å². The van der Waals surface area contributed by atoms with E-state index in [9.17, 15) is 18.7 Å². The van der Waals surface area contributed by atoms with Crippen LogP contribution in [0, 0.1) is 0 Å². The third-order valence-electron chi connectivity index (χ3n) is 6.87. The van der Waals surface area contributed by atoms with Gasteiger partial charge in [0.05, 0.1) is 17.8 Å². The summed E-state index contributed by atoms with van der Waals surface area (Å²) in [6, 6.07) is 10.5. The molecule has 8 heteroatoms. The average Bonchev–Trinajstić information content (AvgIpc) is 3.52. The van der Waals surface area contributed by atoms with E-state index < -0.39 is 12.2 Å². The Morgan fingerprint density at radius 2 is 1.81 bits per heavy atom. The second-order valence-electron chi connectivity index (χ2n) is 9.20. The summed E-state index contributed by atoms with van der Waals surface area (Å²) in [5.74, 6) is 0.639. The summed E-state index contributed by atoms with van der Waals surface area (Å²) in [5.41, 5.74) is 0.463. The standard InChI is InChI=1S/C23H27F2N3O3/c24-22(25)31-20-4-2-1-3-16(20)13-27-17-7-8-18(27)12-23(30,11-17)14-28-21(29)10-9-19(26-28)15-5-6-15/h1-4,9-10,15,17-18,22,30H,5-8,11-14H2/t17-,18-/m0/s1. The number of nitrogens with zero attached hydrogens (tertiary/aromatic N) is 3. The van der Waals surface area contributed by atoms with Crippen molar-refractivity contribution in [1.29, 1.82) is 0 Å². The van der Waals surface area contributed by atoms with Crippen molar-refractivity contribution in [3.05, 3.63) is 58.0 Å². The number of para-hydroxylation sites is 1. The summed E-state index contributed by atoms with van der Waals surface area (Å²) < 4.78 is 31.6. The van der Waals surface area contributed by atoms with E-state index in [0.29, 0.717) is 25.3 Å². The quantitative estimate of drug-likeness (QED) is 0.729. The lowest BCUT2D eigenvalue weighted by atomic mass is 9.85. The third-order valence-corrected chi connectivity index (χ3v) is 6.87. The first kappa shape index (κ1) is 20.6. The number of rotatable bonds is 7. The molecule has 3 heterocycles. The molecular weight excluding hydrogens is 404 g/mol. The number of hydrogen-bond donors (Lipinski definition) is 1. The number of piperidine rings is 1. The SMILES string of the molecule is O=c1ccc(C2CC2)nn1CC1(O)C[C@@H]2CC[C@@H](C1)N2Cc1ccccc1OC(F)F. The van der Waals surface area contributed by atoms with E-state index in [1.807, 2.05) is 12.1 Å². The molecule has 0 spiro atoms. The van der Waals surface area contributed by atoms with Crippen molar-refractivity contribution in [2.24, 2.45) is 0 Å². The van der Waals surface area contributed by atoms with Crippen LogP contribution in [-0.2, 0) is 13.1 Å².